The molecule has 0 atom stereocenters. The summed E-state index contributed by atoms with van der Waals surface area (Å²) in [5.74, 6) is 2.74. The summed E-state index contributed by atoms with van der Waals surface area (Å²) >= 11 is 0. The molecule has 0 spiro atoms. The van der Waals surface area contributed by atoms with Crippen LogP contribution in [0.2, 0.25) is 0 Å². The van der Waals surface area contributed by atoms with Gasteiger partial charge in [0, 0.05) is 25.1 Å². The molecule has 0 amide bonds. The summed E-state index contributed by atoms with van der Waals surface area (Å²) in [7, 11) is 3.44. The van der Waals surface area contributed by atoms with Gasteiger partial charge in [-0.15, -0.1) is 0 Å². The molecule has 142 valence electrons. The second-order valence-electron chi connectivity index (χ2n) is 7.27. The van der Waals surface area contributed by atoms with Crippen molar-refractivity contribution in [1.82, 2.24) is 15.8 Å². The fourth-order valence-corrected chi connectivity index (χ4v) is 2.53. The summed E-state index contributed by atoms with van der Waals surface area (Å²) in [4.78, 5) is 4.28. The van der Waals surface area contributed by atoms with E-state index in [1.807, 2.05) is 18.2 Å². The molecule has 26 heavy (non-hydrogen) atoms. The van der Waals surface area contributed by atoms with Gasteiger partial charge in [-0.1, -0.05) is 45.0 Å². The van der Waals surface area contributed by atoms with Crippen molar-refractivity contribution in [3.05, 3.63) is 47.3 Å². The number of hydrogen-bond acceptors (Lipinski definition) is 4. The van der Waals surface area contributed by atoms with Crippen LogP contribution in [0.5, 0.6) is 5.75 Å². The predicted molar refractivity (Wildman–Crippen MR) is 105 cm³/mol. The average molecular weight is 358 g/mol. The molecule has 2 N–H and O–H groups in total. The van der Waals surface area contributed by atoms with Crippen LogP contribution >= 0.6 is 0 Å². The highest BCUT2D eigenvalue weighted by atomic mass is 16.5. The van der Waals surface area contributed by atoms with E-state index < -0.39 is 0 Å². The summed E-state index contributed by atoms with van der Waals surface area (Å²) < 4.78 is 10.7. The molecule has 0 saturated carbocycles. The molecular weight excluding hydrogens is 328 g/mol. The zero-order valence-electron chi connectivity index (χ0n) is 16.6. The lowest BCUT2D eigenvalue weighted by atomic mass is 9.84. The van der Waals surface area contributed by atoms with Gasteiger partial charge in [-0.2, -0.15) is 0 Å². The van der Waals surface area contributed by atoms with Crippen molar-refractivity contribution in [2.75, 3.05) is 20.7 Å². The van der Waals surface area contributed by atoms with Crippen molar-refractivity contribution in [2.24, 2.45) is 4.99 Å². The Labute approximate surface area is 156 Å². The van der Waals surface area contributed by atoms with Gasteiger partial charge < -0.3 is 19.9 Å². The second-order valence-corrected chi connectivity index (χ2v) is 7.27. The number of rotatable bonds is 7. The van der Waals surface area contributed by atoms with Gasteiger partial charge in [0.25, 0.3) is 0 Å². The highest BCUT2D eigenvalue weighted by Gasteiger charge is 2.21. The van der Waals surface area contributed by atoms with E-state index in [9.17, 15) is 0 Å². The molecule has 6 heteroatoms. The largest absolute Gasteiger partial charge is 0.497 e. The highest BCUT2D eigenvalue weighted by molar-refractivity contribution is 5.79. The molecule has 0 aliphatic rings. The van der Waals surface area contributed by atoms with Gasteiger partial charge in [0.05, 0.1) is 19.3 Å². The minimum absolute atomic E-state index is 0.0801. The number of aromatic nitrogens is 1. The smallest absolute Gasteiger partial charge is 0.191 e. The standard InChI is InChI=1S/C20H30N4O2/c1-14(2)18-11-17(26-24-18)12-22-19(21-5)23-13-20(3,4)15-8-7-9-16(10-15)25-6/h7-11,14H,12-13H2,1-6H3,(H2,21,22,23). The Hall–Kier alpha value is -2.50. The summed E-state index contributed by atoms with van der Waals surface area (Å²) in [6.45, 7) is 9.83. The quantitative estimate of drug-likeness (QED) is 0.586. The number of methoxy groups -OCH3 is 1. The Morgan fingerprint density at radius 2 is 2.04 bits per heavy atom. The second kappa shape index (κ2) is 8.74. The van der Waals surface area contributed by atoms with Gasteiger partial charge in [-0.05, 0) is 23.6 Å². The van der Waals surface area contributed by atoms with E-state index in [4.69, 9.17) is 9.26 Å². The van der Waals surface area contributed by atoms with E-state index in [2.05, 4.69) is 60.6 Å². The van der Waals surface area contributed by atoms with Crippen molar-refractivity contribution < 1.29 is 9.26 Å². The molecule has 2 aromatic rings. The maximum absolute atomic E-state index is 5.35. The average Bonchev–Trinajstić information content (AvgIpc) is 3.11. The first-order chi connectivity index (χ1) is 12.4. The Morgan fingerprint density at radius 3 is 2.65 bits per heavy atom. The number of hydrogen-bond donors (Lipinski definition) is 2. The first kappa shape index (κ1) is 19.8. The molecule has 1 heterocycles. The molecule has 0 aliphatic carbocycles. The van der Waals surface area contributed by atoms with Crippen LogP contribution in [-0.4, -0.2) is 31.8 Å². The van der Waals surface area contributed by atoms with Crippen molar-refractivity contribution in [3.63, 3.8) is 0 Å². The van der Waals surface area contributed by atoms with Gasteiger partial charge >= 0.3 is 0 Å². The van der Waals surface area contributed by atoms with Crippen LogP contribution in [0.15, 0.2) is 39.8 Å². The van der Waals surface area contributed by atoms with E-state index in [-0.39, 0.29) is 5.41 Å². The fraction of sp³-hybridized carbons (Fsp3) is 0.500. The summed E-state index contributed by atoms with van der Waals surface area (Å²) in [6.07, 6.45) is 0. The van der Waals surface area contributed by atoms with Gasteiger partial charge in [0.15, 0.2) is 11.7 Å². The maximum atomic E-state index is 5.35. The minimum atomic E-state index is -0.0801. The number of aliphatic imine (C=N–C) groups is 1. The lowest BCUT2D eigenvalue weighted by Crippen LogP contribution is -2.43. The van der Waals surface area contributed by atoms with Crippen molar-refractivity contribution in [2.45, 2.75) is 45.6 Å². The molecule has 1 aromatic heterocycles. The zero-order chi connectivity index (χ0) is 19.2. The molecular formula is C20H30N4O2. The van der Waals surface area contributed by atoms with Gasteiger partial charge in [-0.3, -0.25) is 4.99 Å². The topological polar surface area (TPSA) is 71.7 Å². The predicted octanol–water partition coefficient (Wildman–Crippen LogP) is 3.45. The van der Waals surface area contributed by atoms with E-state index >= 15 is 0 Å². The van der Waals surface area contributed by atoms with E-state index in [0.717, 1.165) is 29.7 Å². The van der Waals surface area contributed by atoms with E-state index in [1.165, 1.54) is 5.56 Å². The summed E-state index contributed by atoms with van der Waals surface area (Å²) in [5.41, 5.74) is 2.09. The van der Waals surface area contributed by atoms with Crippen LogP contribution < -0.4 is 15.4 Å². The third kappa shape index (κ3) is 5.25. The van der Waals surface area contributed by atoms with Crippen LogP contribution in [0, 0.1) is 0 Å². The normalized spacial score (nSPS) is 12.3. The molecule has 0 aliphatic heterocycles. The maximum Gasteiger partial charge on any atom is 0.191 e. The first-order valence-corrected chi connectivity index (χ1v) is 8.90. The minimum Gasteiger partial charge on any atom is -0.497 e. The van der Waals surface area contributed by atoms with Crippen LogP contribution in [0.25, 0.3) is 0 Å². The summed E-state index contributed by atoms with van der Waals surface area (Å²) in [5, 5.41) is 10.7. The molecule has 0 unspecified atom stereocenters. The number of guanidine groups is 1. The Morgan fingerprint density at radius 1 is 1.27 bits per heavy atom. The number of nitrogens with zero attached hydrogens (tertiary/aromatic N) is 2. The third-order valence-electron chi connectivity index (χ3n) is 4.37. The van der Waals surface area contributed by atoms with Crippen molar-refractivity contribution in [3.8, 4) is 5.75 Å². The van der Waals surface area contributed by atoms with Crippen LogP contribution in [-0.2, 0) is 12.0 Å². The van der Waals surface area contributed by atoms with E-state index in [1.54, 1.807) is 14.2 Å². The Bertz CT molecular complexity index is 735. The molecule has 0 radical (unpaired) electrons. The number of benzene rings is 1. The van der Waals surface area contributed by atoms with E-state index in [0.29, 0.717) is 12.5 Å². The van der Waals surface area contributed by atoms with Gasteiger partial charge in [-0.25, -0.2) is 0 Å². The highest BCUT2D eigenvalue weighted by Crippen LogP contribution is 2.25. The molecule has 2 rings (SSSR count). The first-order valence-electron chi connectivity index (χ1n) is 8.90. The lowest BCUT2D eigenvalue weighted by Gasteiger charge is -2.27. The van der Waals surface area contributed by atoms with Gasteiger partial charge in [0.1, 0.15) is 5.75 Å². The zero-order valence-corrected chi connectivity index (χ0v) is 16.6. The molecule has 1 aromatic carbocycles. The SMILES string of the molecule is CN=C(NCc1cc(C(C)C)no1)NCC(C)(C)c1cccc(OC)c1. The Balaban J connectivity index is 1.92. The molecule has 0 bridgehead atoms. The van der Waals surface area contributed by atoms with Crippen LogP contribution in [0.3, 0.4) is 0 Å². The Kier molecular flexibility index (Phi) is 6.66. The fourth-order valence-electron chi connectivity index (χ4n) is 2.53. The number of nitrogens with one attached hydrogen (secondary N) is 2. The van der Waals surface area contributed by atoms with Crippen LogP contribution in [0.4, 0.5) is 0 Å². The molecule has 6 nitrogen and oxygen atoms in total. The lowest BCUT2D eigenvalue weighted by molar-refractivity contribution is 0.371. The van der Waals surface area contributed by atoms with Crippen molar-refractivity contribution >= 4 is 5.96 Å². The van der Waals surface area contributed by atoms with Crippen LogP contribution in [0.1, 0.15) is 50.6 Å². The molecule has 0 fully saturated rings. The molecule has 0 saturated heterocycles. The van der Waals surface area contributed by atoms with Crippen molar-refractivity contribution in [1.29, 1.82) is 0 Å². The van der Waals surface area contributed by atoms with Gasteiger partial charge in [0.2, 0.25) is 0 Å². The number of ether oxygens (including phenoxy) is 1. The monoisotopic (exact) mass is 358 g/mol. The summed E-state index contributed by atoms with van der Waals surface area (Å²) in [6, 6.07) is 10.1. The third-order valence-corrected chi connectivity index (χ3v) is 4.37.